The van der Waals surface area contributed by atoms with Gasteiger partial charge in [0.25, 0.3) is 0 Å². The number of alkyl halides is 3. The second kappa shape index (κ2) is 8.31. The SMILES string of the molecule is CC(C)(C)CC(=O)Nc1nc2c(cc1F)N(Cc1ccc3cc(C(F)(F)F)nn3c1)CCC2. The lowest BCUT2D eigenvalue weighted by Gasteiger charge is -2.31. The standard InChI is InChI=1S/C23H25F4N5O/c1-22(2,3)11-20(33)29-21-16(24)10-18-17(28-21)5-4-8-31(18)12-14-6-7-15-9-19(23(25,26)27)30-32(15)13-14/h6-7,9-10,13H,4-5,8,11-12H2,1-3H3,(H,28,29,33). The van der Waals surface area contributed by atoms with Crippen LogP contribution in [0.2, 0.25) is 0 Å². The number of carbonyl (C=O) groups is 1. The summed E-state index contributed by atoms with van der Waals surface area (Å²) in [6, 6.07) is 5.67. The Morgan fingerprint density at radius 2 is 1.94 bits per heavy atom. The second-order valence-electron chi connectivity index (χ2n) is 9.53. The molecule has 6 nitrogen and oxygen atoms in total. The molecule has 1 aliphatic heterocycles. The van der Waals surface area contributed by atoms with Gasteiger partial charge in [0.15, 0.2) is 17.3 Å². The molecule has 0 aliphatic carbocycles. The van der Waals surface area contributed by atoms with Crippen LogP contribution in [-0.4, -0.2) is 27.0 Å². The normalized spacial score (nSPS) is 14.5. The molecule has 0 unspecified atom stereocenters. The van der Waals surface area contributed by atoms with Crippen LogP contribution in [0.15, 0.2) is 30.5 Å². The zero-order chi connectivity index (χ0) is 24.0. The summed E-state index contributed by atoms with van der Waals surface area (Å²) >= 11 is 0. The number of carbonyl (C=O) groups excluding carboxylic acids is 1. The maximum atomic E-state index is 14.8. The Labute approximate surface area is 188 Å². The van der Waals surface area contributed by atoms with Crippen LogP contribution in [0, 0.1) is 11.2 Å². The molecule has 0 bridgehead atoms. The van der Waals surface area contributed by atoms with E-state index in [2.05, 4.69) is 15.4 Å². The lowest BCUT2D eigenvalue weighted by Crippen LogP contribution is -2.30. The molecule has 0 aromatic carbocycles. The monoisotopic (exact) mass is 463 g/mol. The molecule has 0 fully saturated rings. The van der Waals surface area contributed by atoms with Gasteiger partial charge in [0, 0.05) is 31.8 Å². The first-order chi connectivity index (χ1) is 15.4. The highest BCUT2D eigenvalue weighted by atomic mass is 19.4. The molecular formula is C23H25F4N5O. The van der Waals surface area contributed by atoms with E-state index in [-0.39, 0.29) is 23.6 Å². The summed E-state index contributed by atoms with van der Waals surface area (Å²) < 4.78 is 54.8. The summed E-state index contributed by atoms with van der Waals surface area (Å²) in [5.41, 5.74) is 1.18. The van der Waals surface area contributed by atoms with Gasteiger partial charge in [0.05, 0.1) is 16.9 Å². The molecule has 3 aromatic heterocycles. The minimum atomic E-state index is -4.51. The molecule has 0 atom stereocenters. The topological polar surface area (TPSA) is 62.5 Å². The molecule has 1 amide bonds. The van der Waals surface area contributed by atoms with Crippen LogP contribution < -0.4 is 10.2 Å². The van der Waals surface area contributed by atoms with Gasteiger partial charge in [-0.2, -0.15) is 18.3 Å². The van der Waals surface area contributed by atoms with Crippen molar-refractivity contribution in [3.8, 4) is 0 Å². The Morgan fingerprint density at radius 1 is 1.18 bits per heavy atom. The number of rotatable bonds is 4. The quantitative estimate of drug-likeness (QED) is 0.540. The lowest BCUT2D eigenvalue weighted by molar-refractivity contribution is -0.141. The maximum absolute atomic E-state index is 14.8. The molecule has 0 spiro atoms. The first-order valence-electron chi connectivity index (χ1n) is 10.7. The molecule has 1 N–H and O–H groups in total. The Morgan fingerprint density at radius 3 is 2.64 bits per heavy atom. The van der Waals surface area contributed by atoms with Gasteiger partial charge in [-0.15, -0.1) is 0 Å². The Balaban J connectivity index is 1.55. The minimum absolute atomic E-state index is 0.0810. The number of halogens is 4. The van der Waals surface area contributed by atoms with Crippen LogP contribution in [0.3, 0.4) is 0 Å². The predicted molar refractivity (Wildman–Crippen MR) is 116 cm³/mol. The van der Waals surface area contributed by atoms with E-state index in [0.29, 0.717) is 36.4 Å². The third-order valence-electron chi connectivity index (χ3n) is 5.35. The number of hydrogen-bond donors (Lipinski definition) is 1. The van der Waals surface area contributed by atoms with E-state index in [4.69, 9.17) is 0 Å². The molecule has 0 saturated carbocycles. The zero-order valence-electron chi connectivity index (χ0n) is 18.6. The Hall–Kier alpha value is -3.17. The fourth-order valence-electron chi connectivity index (χ4n) is 3.92. The van der Waals surface area contributed by atoms with Gasteiger partial charge in [-0.1, -0.05) is 26.8 Å². The first-order valence-corrected chi connectivity index (χ1v) is 10.7. The fraction of sp³-hybridized carbons (Fsp3) is 0.435. The molecule has 4 heterocycles. The third kappa shape index (κ3) is 5.26. The van der Waals surface area contributed by atoms with Gasteiger partial charge in [0.1, 0.15) is 0 Å². The molecule has 4 rings (SSSR count). The van der Waals surface area contributed by atoms with Crippen LogP contribution in [0.1, 0.15) is 50.6 Å². The maximum Gasteiger partial charge on any atom is 0.435 e. The van der Waals surface area contributed by atoms with Gasteiger partial charge in [0.2, 0.25) is 5.91 Å². The number of hydrogen-bond acceptors (Lipinski definition) is 4. The fourth-order valence-corrected chi connectivity index (χ4v) is 3.92. The van der Waals surface area contributed by atoms with Crippen LogP contribution >= 0.6 is 0 Å². The van der Waals surface area contributed by atoms with Crippen LogP contribution in [0.4, 0.5) is 29.1 Å². The molecule has 3 aromatic rings. The van der Waals surface area contributed by atoms with Crippen molar-refractivity contribution in [3.05, 3.63) is 53.2 Å². The summed E-state index contributed by atoms with van der Waals surface area (Å²) in [5, 5.41) is 6.19. The molecule has 0 radical (unpaired) electrons. The van der Waals surface area contributed by atoms with Crippen molar-refractivity contribution in [2.45, 2.75) is 52.8 Å². The average molecular weight is 463 g/mol. The third-order valence-corrected chi connectivity index (χ3v) is 5.35. The highest BCUT2D eigenvalue weighted by Gasteiger charge is 2.34. The Bertz CT molecular complexity index is 1200. The summed E-state index contributed by atoms with van der Waals surface area (Å²) in [4.78, 5) is 18.5. The van der Waals surface area contributed by atoms with E-state index in [9.17, 15) is 22.4 Å². The number of aromatic nitrogens is 3. The predicted octanol–water partition coefficient (Wildman–Crippen LogP) is 5.21. The number of pyridine rings is 2. The van der Waals surface area contributed by atoms with E-state index in [1.165, 1.54) is 10.6 Å². The molecule has 176 valence electrons. The van der Waals surface area contributed by atoms with Gasteiger partial charge in [-0.3, -0.25) is 4.79 Å². The molecular weight excluding hydrogens is 438 g/mol. The molecule has 0 saturated heterocycles. The van der Waals surface area contributed by atoms with E-state index in [1.807, 2.05) is 25.7 Å². The molecule has 1 aliphatic rings. The Kier molecular flexibility index (Phi) is 5.79. The number of aryl methyl sites for hydroxylation is 1. The smallest absolute Gasteiger partial charge is 0.366 e. The largest absolute Gasteiger partial charge is 0.435 e. The van der Waals surface area contributed by atoms with E-state index in [1.54, 1.807) is 18.3 Å². The van der Waals surface area contributed by atoms with Crippen LogP contribution in [-0.2, 0) is 23.9 Å². The number of amides is 1. The van der Waals surface area contributed by atoms with Crippen molar-refractivity contribution < 1.29 is 22.4 Å². The summed E-state index contributed by atoms with van der Waals surface area (Å²) in [5.74, 6) is -1.00. The van der Waals surface area contributed by atoms with Crippen molar-refractivity contribution >= 4 is 22.9 Å². The second-order valence-corrected chi connectivity index (χ2v) is 9.53. The van der Waals surface area contributed by atoms with Gasteiger partial charge in [-0.05, 0) is 36.0 Å². The highest BCUT2D eigenvalue weighted by molar-refractivity contribution is 5.90. The van der Waals surface area contributed by atoms with Crippen molar-refractivity contribution in [3.63, 3.8) is 0 Å². The average Bonchev–Trinajstić information content (AvgIpc) is 3.12. The van der Waals surface area contributed by atoms with Gasteiger partial charge in [-0.25, -0.2) is 13.9 Å². The number of nitrogens with one attached hydrogen (secondary N) is 1. The van der Waals surface area contributed by atoms with E-state index >= 15 is 0 Å². The van der Waals surface area contributed by atoms with Gasteiger partial charge < -0.3 is 10.2 Å². The summed E-state index contributed by atoms with van der Waals surface area (Å²) in [6.07, 6.45) is -1.31. The van der Waals surface area contributed by atoms with E-state index in [0.717, 1.165) is 18.1 Å². The number of anilines is 2. The zero-order valence-corrected chi connectivity index (χ0v) is 18.6. The number of nitrogens with zero attached hydrogens (tertiary/aromatic N) is 4. The van der Waals surface area contributed by atoms with E-state index < -0.39 is 17.7 Å². The molecule has 10 heteroatoms. The lowest BCUT2D eigenvalue weighted by atomic mass is 9.92. The van der Waals surface area contributed by atoms with Crippen molar-refractivity contribution in [2.75, 3.05) is 16.8 Å². The van der Waals surface area contributed by atoms with Crippen LogP contribution in [0.25, 0.3) is 5.52 Å². The molecule has 33 heavy (non-hydrogen) atoms. The summed E-state index contributed by atoms with van der Waals surface area (Å²) in [7, 11) is 0. The minimum Gasteiger partial charge on any atom is -0.366 e. The van der Waals surface area contributed by atoms with Crippen molar-refractivity contribution in [1.82, 2.24) is 14.6 Å². The van der Waals surface area contributed by atoms with Gasteiger partial charge >= 0.3 is 6.18 Å². The van der Waals surface area contributed by atoms with Crippen molar-refractivity contribution in [2.24, 2.45) is 5.41 Å². The first kappa shape index (κ1) is 23.0. The van der Waals surface area contributed by atoms with Crippen LogP contribution in [0.5, 0.6) is 0 Å². The highest BCUT2D eigenvalue weighted by Crippen LogP contribution is 2.32. The van der Waals surface area contributed by atoms with Crippen molar-refractivity contribution in [1.29, 1.82) is 0 Å². The number of fused-ring (bicyclic) bond motifs is 2. The summed E-state index contributed by atoms with van der Waals surface area (Å²) in [6.45, 7) is 6.78.